The smallest absolute Gasteiger partial charge is 0.0985 e. The lowest BCUT2D eigenvalue weighted by molar-refractivity contribution is 0.888. The topological polar surface area (TPSA) is 56.7 Å². The normalized spacial score (nSPS) is 10.9. The number of para-hydroxylation sites is 1. The molecule has 0 atom stereocenters. The second kappa shape index (κ2) is 3.75. The van der Waals surface area contributed by atoms with E-state index in [9.17, 15) is 0 Å². The van der Waals surface area contributed by atoms with Gasteiger partial charge in [0.05, 0.1) is 34.3 Å². The van der Waals surface area contributed by atoms with Crippen molar-refractivity contribution in [3.8, 4) is 5.69 Å². The highest BCUT2D eigenvalue weighted by molar-refractivity contribution is 6.30. The van der Waals surface area contributed by atoms with Crippen molar-refractivity contribution >= 4 is 28.2 Å². The average Bonchev–Trinajstić information content (AvgIpc) is 2.75. The molecule has 0 saturated carbocycles. The predicted octanol–water partition coefficient (Wildman–Crippen LogP) is 2.66. The summed E-state index contributed by atoms with van der Waals surface area (Å²) in [5.41, 5.74) is 8.22. The van der Waals surface area contributed by atoms with Crippen LogP contribution in [-0.4, -0.2) is 14.8 Å². The highest BCUT2D eigenvalue weighted by Gasteiger charge is 2.09. The molecule has 0 unspecified atom stereocenters. The van der Waals surface area contributed by atoms with Crippen LogP contribution in [0.15, 0.2) is 42.9 Å². The Morgan fingerprint density at radius 2 is 2.00 bits per heavy atom. The van der Waals surface area contributed by atoms with E-state index in [0.29, 0.717) is 10.7 Å². The minimum absolute atomic E-state index is 0.573. The fraction of sp³-hybridized carbons (Fsp3) is 0. The molecule has 0 spiro atoms. The number of benzene rings is 1. The molecule has 3 aromatic rings. The Morgan fingerprint density at radius 3 is 2.76 bits per heavy atom. The Bertz CT molecular complexity index is 690. The zero-order chi connectivity index (χ0) is 11.8. The first-order valence-corrected chi connectivity index (χ1v) is 5.47. The minimum Gasteiger partial charge on any atom is -0.396 e. The Kier molecular flexibility index (Phi) is 2.23. The van der Waals surface area contributed by atoms with Gasteiger partial charge in [-0.1, -0.05) is 29.8 Å². The highest BCUT2D eigenvalue weighted by atomic mass is 35.5. The molecular weight excluding hydrogens is 236 g/mol. The van der Waals surface area contributed by atoms with E-state index >= 15 is 0 Å². The summed E-state index contributed by atoms with van der Waals surface area (Å²) in [4.78, 5) is 4.27. The number of halogens is 1. The van der Waals surface area contributed by atoms with Gasteiger partial charge in [-0.15, -0.1) is 0 Å². The third-order valence-electron chi connectivity index (χ3n) is 2.56. The van der Waals surface area contributed by atoms with Crippen molar-refractivity contribution in [2.75, 3.05) is 5.73 Å². The monoisotopic (exact) mass is 244 g/mol. The molecule has 0 saturated heterocycles. The minimum atomic E-state index is 0.573. The number of pyridine rings is 1. The van der Waals surface area contributed by atoms with Gasteiger partial charge in [0.2, 0.25) is 0 Å². The third-order valence-corrected chi connectivity index (χ3v) is 2.75. The maximum atomic E-state index is 5.96. The Balaban J connectivity index is 2.38. The number of nitrogen functional groups attached to an aromatic ring is 1. The number of nitrogens with zero attached hydrogens (tertiary/aromatic N) is 3. The van der Waals surface area contributed by atoms with Crippen LogP contribution < -0.4 is 5.73 Å². The lowest BCUT2D eigenvalue weighted by Gasteiger charge is -2.08. The fourth-order valence-corrected chi connectivity index (χ4v) is 1.96. The molecule has 2 heterocycles. The number of hydrogen-bond donors (Lipinski definition) is 1. The van der Waals surface area contributed by atoms with Gasteiger partial charge < -0.3 is 5.73 Å². The largest absolute Gasteiger partial charge is 0.396 e. The summed E-state index contributed by atoms with van der Waals surface area (Å²) in [5.74, 6) is 0. The first-order valence-electron chi connectivity index (χ1n) is 5.09. The van der Waals surface area contributed by atoms with Crippen molar-refractivity contribution in [2.24, 2.45) is 0 Å². The fourth-order valence-electron chi connectivity index (χ4n) is 1.82. The first kappa shape index (κ1) is 10.1. The number of rotatable bonds is 1. The van der Waals surface area contributed by atoms with Crippen molar-refractivity contribution in [1.82, 2.24) is 14.8 Å². The van der Waals surface area contributed by atoms with Gasteiger partial charge in [-0.3, -0.25) is 4.98 Å². The molecule has 0 bridgehead atoms. The predicted molar refractivity (Wildman–Crippen MR) is 68.3 cm³/mol. The van der Waals surface area contributed by atoms with Gasteiger partial charge >= 0.3 is 0 Å². The maximum Gasteiger partial charge on any atom is 0.0985 e. The lowest BCUT2D eigenvalue weighted by Crippen LogP contribution is -2.02. The molecule has 17 heavy (non-hydrogen) atoms. The van der Waals surface area contributed by atoms with E-state index < -0.39 is 0 Å². The van der Waals surface area contributed by atoms with Gasteiger partial charge in [0.25, 0.3) is 0 Å². The molecule has 1 aromatic carbocycles. The summed E-state index contributed by atoms with van der Waals surface area (Å²) in [6.45, 7) is 0. The maximum absolute atomic E-state index is 5.96. The third kappa shape index (κ3) is 1.62. The summed E-state index contributed by atoms with van der Waals surface area (Å²) in [5, 5.41) is 5.70. The lowest BCUT2D eigenvalue weighted by atomic mass is 10.1. The summed E-state index contributed by atoms with van der Waals surface area (Å²) < 4.78 is 1.67. The van der Waals surface area contributed by atoms with Crippen molar-refractivity contribution in [3.05, 3.63) is 47.9 Å². The van der Waals surface area contributed by atoms with Crippen LogP contribution >= 0.6 is 11.6 Å². The molecule has 0 aliphatic carbocycles. The van der Waals surface area contributed by atoms with Gasteiger partial charge in [-0.2, -0.15) is 5.10 Å². The van der Waals surface area contributed by atoms with E-state index in [1.807, 2.05) is 24.3 Å². The SMILES string of the molecule is Nc1cnc2ccccc2c1-n1cc(Cl)cn1. The van der Waals surface area contributed by atoms with Crippen LogP contribution in [0.4, 0.5) is 5.69 Å². The molecule has 2 N–H and O–H groups in total. The van der Waals surface area contributed by atoms with E-state index in [0.717, 1.165) is 16.6 Å². The standard InChI is InChI=1S/C12H9ClN4/c13-8-5-16-17(7-8)12-9-3-1-2-4-11(9)15-6-10(12)14/h1-7H,14H2. The number of hydrogen-bond acceptors (Lipinski definition) is 3. The zero-order valence-electron chi connectivity index (χ0n) is 8.84. The molecule has 0 aliphatic rings. The van der Waals surface area contributed by atoms with Gasteiger partial charge in [0, 0.05) is 11.6 Å². The average molecular weight is 245 g/mol. The number of fused-ring (bicyclic) bond motifs is 1. The van der Waals surface area contributed by atoms with E-state index in [2.05, 4.69) is 10.1 Å². The second-order valence-electron chi connectivity index (χ2n) is 3.68. The zero-order valence-corrected chi connectivity index (χ0v) is 9.59. The molecule has 2 aromatic heterocycles. The summed E-state index contributed by atoms with van der Waals surface area (Å²) in [6.07, 6.45) is 4.93. The molecule has 4 nitrogen and oxygen atoms in total. The van der Waals surface area contributed by atoms with E-state index in [1.165, 1.54) is 0 Å². The van der Waals surface area contributed by atoms with Gasteiger partial charge in [-0.05, 0) is 6.07 Å². The van der Waals surface area contributed by atoms with E-state index in [1.54, 1.807) is 23.3 Å². The first-order chi connectivity index (χ1) is 8.25. The summed E-state index contributed by atoms with van der Waals surface area (Å²) in [6, 6.07) is 7.77. The Morgan fingerprint density at radius 1 is 1.18 bits per heavy atom. The van der Waals surface area contributed by atoms with Crippen molar-refractivity contribution in [2.45, 2.75) is 0 Å². The number of aromatic nitrogens is 3. The van der Waals surface area contributed by atoms with E-state index in [-0.39, 0.29) is 0 Å². The van der Waals surface area contributed by atoms with Crippen LogP contribution in [0.5, 0.6) is 0 Å². The highest BCUT2D eigenvalue weighted by Crippen LogP contribution is 2.26. The number of nitrogens with two attached hydrogens (primary N) is 1. The molecule has 0 radical (unpaired) electrons. The Labute approximate surface area is 103 Å². The van der Waals surface area contributed by atoms with Crippen LogP contribution in [0.1, 0.15) is 0 Å². The van der Waals surface area contributed by atoms with Crippen LogP contribution in [0.3, 0.4) is 0 Å². The molecule has 3 rings (SSSR count). The molecule has 0 aliphatic heterocycles. The van der Waals surface area contributed by atoms with Crippen LogP contribution in [0.2, 0.25) is 5.02 Å². The molecular formula is C12H9ClN4. The second-order valence-corrected chi connectivity index (χ2v) is 4.12. The van der Waals surface area contributed by atoms with E-state index in [4.69, 9.17) is 17.3 Å². The van der Waals surface area contributed by atoms with Crippen LogP contribution in [-0.2, 0) is 0 Å². The molecule has 0 fully saturated rings. The Hall–Kier alpha value is -2.07. The van der Waals surface area contributed by atoms with Crippen molar-refractivity contribution in [1.29, 1.82) is 0 Å². The van der Waals surface area contributed by atoms with Gasteiger partial charge in [0.15, 0.2) is 0 Å². The van der Waals surface area contributed by atoms with Crippen LogP contribution in [0.25, 0.3) is 16.6 Å². The van der Waals surface area contributed by atoms with Crippen LogP contribution in [0, 0.1) is 0 Å². The quantitative estimate of drug-likeness (QED) is 0.716. The molecule has 0 amide bonds. The summed E-state index contributed by atoms with van der Waals surface area (Å²) in [7, 11) is 0. The van der Waals surface area contributed by atoms with Crippen molar-refractivity contribution < 1.29 is 0 Å². The van der Waals surface area contributed by atoms with Gasteiger partial charge in [0.1, 0.15) is 0 Å². The molecule has 84 valence electrons. The molecule has 5 heteroatoms. The number of anilines is 1. The summed E-state index contributed by atoms with van der Waals surface area (Å²) >= 11 is 5.87. The van der Waals surface area contributed by atoms with Crippen molar-refractivity contribution in [3.63, 3.8) is 0 Å². The van der Waals surface area contributed by atoms with Gasteiger partial charge in [-0.25, -0.2) is 4.68 Å².